The number of amides is 3. The van der Waals surface area contributed by atoms with E-state index < -0.39 is 31.6 Å². The van der Waals surface area contributed by atoms with Crippen molar-refractivity contribution in [3.63, 3.8) is 0 Å². The van der Waals surface area contributed by atoms with E-state index in [9.17, 15) is 19.5 Å². The molecule has 3 heterocycles. The van der Waals surface area contributed by atoms with Gasteiger partial charge in [-0.25, -0.2) is 0 Å². The van der Waals surface area contributed by atoms with Gasteiger partial charge in [0.25, 0.3) is 5.91 Å². The van der Waals surface area contributed by atoms with Crippen LogP contribution in [0.15, 0.2) is 103 Å². The summed E-state index contributed by atoms with van der Waals surface area (Å²) in [4.78, 5) is 48.3. The minimum atomic E-state index is -3.55. The fourth-order valence-electron chi connectivity index (χ4n) is 8.48. The molecule has 1 spiro atoms. The topological polar surface area (TPSA) is 115 Å². The number of benzene rings is 4. The van der Waals surface area contributed by atoms with Crippen molar-refractivity contribution in [2.24, 2.45) is 5.92 Å². The minimum Gasteiger partial charge on any atom is -0.395 e. The average molecular weight is 767 g/mol. The molecule has 1 fully saturated rings. The van der Waals surface area contributed by atoms with E-state index in [0.29, 0.717) is 22.0 Å². The standard InChI is InChI=1S/C42H44ClFN4O5Si/c1-27-40(54(2,3)44)37(23-39(51)47(18-19-49)25-28-10-5-4-6-11-28)53-42(27)34-22-31(43)16-17-36(34)48(41(42)52)26-29-12-9-13-32(20-29)46-38(50)21-30-24-45-35-15-8-7-14-33(30)35/h4-17,20,22,24,27,37,40,45,49H,18-19,21,23,25-26H2,1-3H3,(H,46,50)/t27-,37+,40-,42+/m1/s1. The third kappa shape index (κ3) is 7.21. The van der Waals surface area contributed by atoms with Crippen molar-refractivity contribution < 1.29 is 28.3 Å². The van der Waals surface area contributed by atoms with Gasteiger partial charge in [-0.15, -0.1) is 0 Å². The number of nitrogens with one attached hydrogen (secondary N) is 2. The molecule has 1 saturated heterocycles. The molecule has 0 aliphatic carbocycles. The summed E-state index contributed by atoms with van der Waals surface area (Å²) >= 11 is 6.56. The highest BCUT2D eigenvalue weighted by Crippen LogP contribution is 2.60. The zero-order chi connectivity index (χ0) is 38.2. The van der Waals surface area contributed by atoms with Crippen molar-refractivity contribution in [1.82, 2.24) is 9.88 Å². The normalized spacial score (nSPS) is 20.8. The zero-order valence-electron chi connectivity index (χ0n) is 30.5. The lowest BCUT2D eigenvalue weighted by Crippen LogP contribution is -2.45. The number of halogens is 2. The molecule has 0 radical (unpaired) electrons. The van der Waals surface area contributed by atoms with Gasteiger partial charge in [-0.1, -0.05) is 79.2 Å². The Morgan fingerprint density at radius 2 is 1.76 bits per heavy atom. The molecule has 3 N–H and O–H groups in total. The van der Waals surface area contributed by atoms with Gasteiger partial charge < -0.3 is 34.1 Å². The first-order valence-corrected chi connectivity index (χ1v) is 21.6. The molecule has 0 bridgehead atoms. The fraction of sp³-hybridized carbons (Fsp3) is 0.310. The van der Waals surface area contributed by atoms with Gasteiger partial charge in [-0.05, 0) is 66.2 Å². The maximum Gasteiger partial charge on any atom is 0.264 e. The molecular formula is C42H44ClFN4O5Si. The summed E-state index contributed by atoms with van der Waals surface area (Å²) < 4.78 is 23.3. The van der Waals surface area contributed by atoms with E-state index in [4.69, 9.17) is 16.3 Å². The van der Waals surface area contributed by atoms with E-state index in [1.807, 2.05) is 85.9 Å². The van der Waals surface area contributed by atoms with E-state index in [2.05, 4.69) is 10.3 Å². The number of hydrogen-bond donors (Lipinski definition) is 3. The van der Waals surface area contributed by atoms with Crippen LogP contribution in [0.2, 0.25) is 23.7 Å². The lowest BCUT2D eigenvalue weighted by molar-refractivity contribution is -0.150. The predicted octanol–water partition coefficient (Wildman–Crippen LogP) is 7.74. The van der Waals surface area contributed by atoms with Crippen molar-refractivity contribution in [1.29, 1.82) is 0 Å². The Balaban J connectivity index is 1.14. The van der Waals surface area contributed by atoms with Gasteiger partial charge in [-0.2, -0.15) is 0 Å². The van der Waals surface area contributed by atoms with Crippen molar-refractivity contribution in [2.45, 2.75) is 63.2 Å². The van der Waals surface area contributed by atoms with Crippen LogP contribution >= 0.6 is 11.6 Å². The molecule has 0 unspecified atom stereocenters. The second kappa shape index (κ2) is 15.1. The number of rotatable bonds is 12. The highest BCUT2D eigenvalue weighted by Gasteiger charge is 2.67. The van der Waals surface area contributed by atoms with Crippen molar-refractivity contribution in [3.05, 3.63) is 131 Å². The molecule has 2 aliphatic heterocycles. The van der Waals surface area contributed by atoms with Crippen LogP contribution in [0.5, 0.6) is 0 Å². The average Bonchev–Trinajstić information content (AvgIpc) is 3.75. The second-order valence-electron chi connectivity index (χ2n) is 14.8. The van der Waals surface area contributed by atoms with Crippen LogP contribution in [0.1, 0.15) is 35.6 Å². The van der Waals surface area contributed by atoms with Crippen LogP contribution in [-0.2, 0) is 44.2 Å². The van der Waals surface area contributed by atoms with Crippen molar-refractivity contribution >= 4 is 60.0 Å². The number of carbonyl (C=O) groups excluding carboxylic acids is 3. The third-order valence-corrected chi connectivity index (χ3v) is 13.5. The van der Waals surface area contributed by atoms with Crippen LogP contribution in [0.4, 0.5) is 15.5 Å². The largest absolute Gasteiger partial charge is 0.395 e. The predicted molar refractivity (Wildman–Crippen MR) is 211 cm³/mol. The molecule has 4 aromatic carbocycles. The summed E-state index contributed by atoms with van der Waals surface area (Å²) in [7, 11) is -3.55. The van der Waals surface area contributed by atoms with Crippen LogP contribution < -0.4 is 10.2 Å². The Labute approximate surface area is 320 Å². The Kier molecular flexibility index (Phi) is 10.5. The number of para-hydroxylation sites is 1. The molecule has 0 saturated carbocycles. The molecule has 5 aromatic rings. The van der Waals surface area contributed by atoms with Gasteiger partial charge in [0.05, 0.1) is 37.8 Å². The number of aromatic amines is 1. The molecule has 280 valence electrons. The second-order valence-corrected chi connectivity index (χ2v) is 19.1. The van der Waals surface area contributed by atoms with Crippen molar-refractivity contribution in [2.75, 3.05) is 23.4 Å². The van der Waals surface area contributed by atoms with E-state index in [-0.39, 0.29) is 56.8 Å². The first-order valence-electron chi connectivity index (χ1n) is 18.2. The maximum absolute atomic E-state index is 16.5. The Bertz CT molecular complexity index is 2190. The van der Waals surface area contributed by atoms with Crippen LogP contribution in [0.25, 0.3) is 10.9 Å². The van der Waals surface area contributed by atoms with E-state index in [0.717, 1.165) is 27.6 Å². The molecule has 3 amide bonds. The smallest absolute Gasteiger partial charge is 0.264 e. The molecule has 12 heteroatoms. The quantitative estimate of drug-likeness (QED) is 0.0889. The van der Waals surface area contributed by atoms with Gasteiger partial charge in [0.15, 0.2) is 5.60 Å². The first kappa shape index (κ1) is 37.5. The van der Waals surface area contributed by atoms with Crippen LogP contribution in [-0.4, -0.2) is 60.4 Å². The molecule has 54 heavy (non-hydrogen) atoms. The van der Waals surface area contributed by atoms with Crippen LogP contribution in [0.3, 0.4) is 0 Å². The lowest BCUT2D eigenvalue weighted by atomic mass is 9.82. The third-order valence-electron chi connectivity index (χ3n) is 10.8. The monoisotopic (exact) mass is 766 g/mol. The highest BCUT2D eigenvalue weighted by atomic mass is 35.5. The number of aliphatic hydroxyl groups is 1. The van der Waals surface area contributed by atoms with Crippen molar-refractivity contribution in [3.8, 4) is 0 Å². The SMILES string of the molecule is C[C@@H]1[C@@H]([Si](C)(C)F)[C@H](CC(=O)N(CCO)Cc2ccccc2)O[C@@]12C(=O)N(Cc1cccc(NC(=O)Cc3c[nH]c4ccccc34)c1)c1ccc(Cl)cc12. The molecule has 7 rings (SSSR count). The number of H-pyrrole nitrogens is 1. The zero-order valence-corrected chi connectivity index (χ0v) is 32.3. The summed E-state index contributed by atoms with van der Waals surface area (Å²) in [6, 6.07) is 29.8. The summed E-state index contributed by atoms with van der Waals surface area (Å²) in [5, 5.41) is 14.2. The lowest BCUT2D eigenvalue weighted by Gasteiger charge is -2.31. The number of nitrogens with zero attached hydrogens (tertiary/aromatic N) is 2. The van der Waals surface area contributed by atoms with Gasteiger partial charge >= 0.3 is 0 Å². The molecule has 9 nitrogen and oxygen atoms in total. The molecule has 1 aromatic heterocycles. The summed E-state index contributed by atoms with van der Waals surface area (Å²) in [6.45, 7) is 5.35. The molecular weight excluding hydrogens is 723 g/mol. The summed E-state index contributed by atoms with van der Waals surface area (Å²) in [5.41, 5.74) is 2.99. The van der Waals surface area contributed by atoms with Gasteiger partial charge in [0.1, 0.15) is 0 Å². The minimum absolute atomic E-state index is 0.107. The van der Waals surface area contributed by atoms with E-state index >= 15 is 4.11 Å². The Morgan fingerprint density at radius 1 is 1.02 bits per heavy atom. The number of fused-ring (bicyclic) bond motifs is 3. The van der Waals surface area contributed by atoms with Gasteiger partial charge in [0, 0.05) is 57.9 Å². The number of hydrogen-bond acceptors (Lipinski definition) is 5. The van der Waals surface area contributed by atoms with Gasteiger partial charge in [0.2, 0.25) is 20.2 Å². The summed E-state index contributed by atoms with van der Waals surface area (Å²) in [6.07, 6.45) is 1.00. The number of aromatic nitrogens is 1. The number of carbonyl (C=O) groups is 3. The van der Waals surface area contributed by atoms with E-state index in [1.54, 1.807) is 47.2 Å². The molecule has 2 aliphatic rings. The molecule has 4 atom stereocenters. The van der Waals surface area contributed by atoms with Gasteiger partial charge in [-0.3, -0.25) is 14.4 Å². The summed E-state index contributed by atoms with van der Waals surface area (Å²) in [5.74, 6) is -1.43. The Morgan fingerprint density at radius 3 is 2.52 bits per heavy atom. The fourth-order valence-corrected chi connectivity index (χ4v) is 11.1. The number of aliphatic hydroxyl groups excluding tert-OH is 1. The number of anilines is 2. The van der Waals surface area contributed by atoms with Crippen LogP contribution in [0, 0.1) is 5.92 Å². The maximum atomic E-state index is 16.5. The van der Waals surface area contributed by atoms with E-state index in [1.165, 1.54) is 0 Å². The first-order chi connectivity index (χ1) is 25.9. The Hall–Kier alpha value is -4.81. The number of ether oxygens (including phenoxy) is 1. The highest BCUT2D eigenvalue weighted by molar-refractivity contribution is 6.72.